The van der Waals surface area contributed by atoms with Crippen LogP contribution in [0.1, 0.15) is 25.3 Å². The summed E-state index contributed by atoms with van der Waals surface area (Å²) in [6, 6.07) is 9.85. The number of carbonyl (C=O) groups excluding carboxylic acids is 1. The van der Waals surface area contributed by atoms with Gasteiger partial charge in [-0.3, -0.25) is 13.9 Å². The molecule has 0 fully saturated rings. The number of anilines is 1. The van der Waals surface area contributed by atoms with E-state index in [-0.39, 0.29) is 19.1 Å². The fourth-order valence-corrected chi connectivity index (χ4v) is 7.25. The zero-order chi connectivity index (χ0) is 36.7. The molecule has 3 aromatic heterocycles. The number of nitrogen functional groups attached to an aromatic ring is 1. The van der Waals surface area contributed by atoms with Crippen LogP contribution in [0.3, 0.4) is 0 Å². The first-order valence-corrected chi connectivity index (χ1v) is 18.0. The highest BCUT2D eigenvalue weighted by atomic mass is 32.2. The zero-order valence-electron chi connectivity index (χ0n) is 28.5. The predicted octanol–water partition coefficient (Wildman–Crippen LogP) is 7.85. The van der Waals surface area contributed by atoms with E-state index in [0.717, 1.165) is 50.5 Å². The number of ether oxygens (including phenoxy) is 1. The quantitative estimate of drug-likeness (QED) is 0.101. The van der Waals surface area contributed by atoms with Crippen molar-refractivity contribution in [3.63, 3.8) is 0 Å². The van der Waals surface area contributed by atoms with Crippen LogP contribution in [0.15, 0.2) is 122 Å². The van der Waals surface area contributed by atoms with Crippen molar-refractivity contribution in [2.75, 3.05) is 39.2 Å². The van der Waals surface area contributed by atoms with Crippen LogP contribution in [-0.2, 0) is 26.9 Å². The van der Waals surface area contributed by atoms with Gasteiger partial charge in [-0.1, -0.05) is 54.8 Å². The first-order chi connectivity index (χ1) is 24.2. The Hall–Kier alpha value is -5.45. The lowest BCUT2D eigenvalue weighted by Crippen LogP contribution is -2.23. The fourth-order valence-electron chi connectivity index (χ4n) is 3.85. The number of nitrogens with zero attached hydrogens (tertiary/aromatic N) is 4. The van der Waals surface area contributed by atoms with E-state index in [1.54, 1.807) is 18.1 Å². The number of aromatic nitrogens is 2. The number of unbranched alkanes of at least 4 members (excludes halogenated alkanes) is 1. The Morgan fingerprint density at radius 1 is 1.04 bits per heavy atom. The van der Waals surface area contributed by atoms with Crippen LogP contribution in [0.2, 0.25) is 0 Å². The Morgan fingerprint density at radius 3 is 2.26 bits per heavy atom. The number of thiazole rings is 1. The highest BCUT2D eigenvalue weighted by Gasteiger charge is 2.21. The van der Waals surface area contributed by atoms with Crippen molar-refractivity contribution in [3.05, 3.63) is 119 Å². The number of hydrogen-bond donors (Lipinski definition) is 1. The van der Waals surface area contributed by atoms with Gasteiger partial charge in [0.15, 0.2) is 0 Å². The third-order valence-corrected chi connectivity index (χ3v) is 9.79. The van der Waals surface area contributed by atoms with Gasteiger partial charge in [0.1, 0.15) is 26.3 Å². The molecule has 4 aromatic rings. The molecule has 4 rings (SSSR count). The number of likely N-dealkylation sites (N-methyl/N-ethyl adjacent to an activating group) is 1. The van der Waals surface area contributed by atoms with E-state index in [1.165, 1.54) is 22.7 Å². The van der Waals surface area contributed by atoms with Gasteiger partial charge >= 0.3 is 5.97 Å². The van der Waals surface area contributed by atoms with Gasteiger partial charge in [-0.25, -0.2) is 15.0 Å². The maximum atomic E-state index is 13.0. The highest BCUT2D eigenvalue weighted by molar-refractivity contribution is 7.87. The topological polar surface area (TPSA) is 111 Å². The maximum absolute atomic E-state index is 13.0. The SMILES string of the molecule is C=C=C=C=C=C=C.C=C=C=C=C=C=NC.CCCCS(=O)c1sc2nc(-c3nccs3)cc(-c3ccc(COC(=O)CN(C)C)cc3)c2c1N. The maximum Gasteiger partial charge on any atom is 0.320 e. The summed E-state index contributed by atoms with van der Waals surface area (Å²) < 4.78 is 19.0. The number of thiophene rings is 1. The molecule has 0 bridgehead atoms. The summed E-state index contributed by atoms with van der Waals surface area (Å²) in [4.78, 5) is 27.1. The number of benzene rings is 1. The number of rotatable bonds is 10. The van der Waals surface area contributed by atoms with Crippen molar-refractivity contribution in [2.24, 2.45) is 4.99 Å². The molecule has 0 saturated carbocycles. The van der Waals surface area contributed by atoms with E-state index in [0.29, 0.717) is 15.6 Å². The summed E-state index contributed by atoms with van der Waals surface area (Å²) in [5.41, 5.74) is 32.4. The van der Waals surface area contributed by atoms with E-state index in [1.807, 2.05) is 49.8 Å². The lowest BCUT2D eigenvalue weighted by Gasteiger charge is -2.11. The molecule has 254 valence electrons. The summed E-state index contributed by atoms with van der Waals surface area (Å²) in [6.07, 6.45) is 3.61. The molecule has 3 heterocycles. The van der Waals surface area contributed by atoms with Gasteiger partial charge in [-0.05, 0) is 85.9 Å². The van der Waals surface area contributed by atoms with Crippen molar-refractivity contribution in [3.8, 4) is 21.8 Å². The van der Waals surface area contributed by atoms with E-state index >= 15 is 0 Å². The summed E-state index contributed by atoms with van der Waals surface area (Å²) in [5.74, 6) is 2.74. The normalized spacial score (nSPS) is 9.78. The number of aliphatic imine (C=N–C) groups is 1. The summed E-state index contributed by atoms with van der Waals surface area (Å²) in [7, 11) is 4.09. The molecule has 0 aliphatic carbocycles. The molecular formula is C39H37N5O3S3. The average molecular weight is 720 g/mol. The van der Waals surface area contributed by atoms with Crippen molar-refractivity contribution < 1.29 is 13.7 Å². The Balaban J connectivity index is 0.000000483. The van der Waals surface area contributed by atoms with Crippen LogP contribution >= 0.6 is 22.7 Å². The molecule has 0 aliphatic heterocycles. The number of carbonyl (C=O) groups is 1. The minimum Gasteiger partial charge on any atom is -0.460 e. The number of fused-ring (bicyclic) bond motifs is 1. The second-order valence-electron chi connectivity index (χ2n) is 9.99. The van der Waals surface area contributed by atoms with Gasteiger partial charge in [0.05, 0.1) is 23.0 Å². The summed E-state index contributed by atoms with van der Waals surface area (Å²) in [5, 5.41) is 3.56. The number of esters is 1. The van der Waals surface area contributed by atoms with Crippen molar-refractivity contribution in [1.29, 1.82) is 0 Å². The molecule has 1 atom stereocenters. The van der Waals surface area contributed by atoms with Crippen LogP contribution in [0.25, 0.3) is 32.0 Å². The van der Waals surface area contributed by atoms with E-state index in [9.17, 15) is 9.00 Å². The minimum absolute atomic E-state index is 0.213. The van der Waals surface area contributed by atoms with Gasteiger partial charge in [-0.15, -0.1) is 22.7 Å². The van der Waals surface area contributed by atoms with Crippen LogP contribution in [-0.4, -0.2) is 64.4 Å². The highest BCUT2D eigenvalue weighted by Crippen LogP contribution is 2.43. The monoisotopic (exact) mass is 719 g/mol. The Morgan fingerprint density at radius 2 is 1.70 bits per heavy atom. The van der Waals surface area contributed by atoms with Gasteiger partial charge in [0.25, 0.3) is 0 Å². The molecule has 1 aromatic carbocycles. The van der Waals surface area contributed by atoms with Gasteiger partial charge in [-0.2, -0.15) is 0 Å². The zero-order valence-corrected chi connectivity index (χ0v) is 31.0. The Kier molecular flexibility index (Phi) is 18.7. The second kappa shape index (κ2) is 23.0. The van der Waals surface area contributed by atoms with Gasteiger partial charge in [0, 0.05) is 47.1 Å². The number of hydrogen-bond acceptors (Lipinski definition) is 10. The van der Waals surface area contributed by atoms with Crippen molar-refractivity contribution >= 4 is 61.2 Å². The molecule has 0 radical (unpaired) electrons. The molecule has 8 nitrogen and oxygen atoms in total. The van der Waals surface area contributed by atoms with Gasteiger partial charge < -0.3 is 10.5 Å². The van der Waals surface area contributed by atoms with Crippen molar-refractivity contribution in [2.45, 2.75) is 30.6 Å². The summed E-state index contributed by atoms with van der Waals surface area (Å²) in [6.45, 7) is 12.3. The van der Waals surface area contributed by atoms with Crippen LogP contribution < -0.4 is 5.73 Å². The van der Waals surface area contributed by atoms with E-state index < -0.39 is 10.8 Å². The van der Waals surface area contributed by atoms with E-state index in [2.05, 4.69) is 94.1 Å². The summed E-state index contributed by atoms with van der Waals surface area (Å²) >= 11 is 2.92. The molecule has 11 heteroatoms. The Labute approximate surface area is 303 Å². The Bertz CT molecular complexity index is 2150. The molecule has 0 aliphatic rings. The molecule has 0 saturated heterocycles. The third kappa shape index (κ3) is 13.6. The second-order valence-corrected chi connectivity index (χ2v) is 13.6. The first kappa shape index (κ1) is 40.7. The molecule has 1 unspecified atom stereocenters. The minimum atomic E-state index is -1.16. The van der Waals surface area contributed by atoms with Crippen LogP contribution in [0, 0.1) is 0 Å². The van der Waals surface area contributed by atoms with Crippen LogP contribution in [0.5, 0.6) is 0 Å². The van der Waals surface area contributed by atoms with E-state index in [4.69, 9.17) is 15.5 Å². The largest absolute Gasteiger partial charge is 0.460 e. The predicted molar refractivity (Wildman–Crippen MR) is 207 cm³/mol. The molecular weight excluding hydrogens is 683 g/mol. The first-order valence-electron chi connectivity index (χ1n) is 15.0. The standard InChI is InChI=1S/C25H28N4O3S3.C7H5N.C7H4/c1-4-5-12-35(31)25-22(26)21-18(13-19(28-24(21)34-25)23-27-10-11-33-23)17-8-6-16(7-9-17)15-32-20(30)14-29(2)3;1-3-4-5-6-7-8-2;1-3-5-7-6-4-2/h6-11,13H,4-5,12,14-15,26H2,1-3H3;1H2,2H3;1-2H2. The lowest BCUT2D eigenvalue weighted by molar-refractivity contribution is -0.145. The fraction of sp³-hybridized carbons (Fsp3) is 0.231. The van der Waals surface area contributed by atoms with Crippen molar-refractivity contribution in [1.82, 2.24) is 14.9 Å². The molecule has 2 N–H and O–H groups in total. The van der Waals surface area contributed by atoms with Gasteiger partial charge in [0.2, 0.25) is 0 Å². The molecule has 0 amide bonds. The number of nitrogens with two attached hydrogens (primary N) is 1. The molecule has 50 heavy (non-hydrogen) atoms. The van der Waals surface area contributed by atoms with Crippen LogP contribution in [0.4, 0.5) is 5.69 Å². The third-order valence-electron chi connectivity index (χ3n) is 6.00. The smallest absolute Gasteiger partial charge is 0.320 e. The lowest BCUT2D eigenvalue weighted by atomic mass is 10.0. The molecule has 0 spiro atoms. The number of pyridine rings is 1. The average Bonchev–Trinajstić information content (AvgIpc) is 3.77.